The van der Waals surface area contributed by atoms with Gasteiger partial charge in [0, 0.05) is 12.5 Å². The van der Waals surface area contributed by atoms with Crippen molar-refractivity contribution in [3.05, 3.63) is 29.3 Å². The molecule has 1 N–H and O–H groups in total. The van der Waals surface area contributed by atoms with Crippen LogP contribution in [0.3, 0.4) is 0 Å². The number of hydrogen-bond acceptors (Lipinski definition) is 6. The molecule has 0 aliphatic carbocycles. The molecule has 1 aromatic rings. The summed E-state index contributed by atoms with van der Waals surface area (Å²) >= 11 is 0. The maximum atomic E-state index is 11.6. The van der Waals surface area contributed by atoms with Gasteiger partial charge in [-0.2, -0.15) is 0 Å². The fourth-order valence-corrected chi connectivity index (χ4v) is 2.22. The number of carbonyl (C=O) groups is 2. The van der Waals surface area contributed by atoms with E-state index in [4.69, 9.17) is 4.74 Å². The monoisotopic (exact) mass is 329 g/mol. The van der Waals surface area contributed by atoms with E-state index in [1.54, 1.807) is 12.1 Å². The molecule has 1 saturated heterocycles. The maximum Gasteiger partial charge on any atom is 0.338 e. The van der Waals surface area contributed by atoms with Crippen LogP contribution in [0.25, 0.3) is 0 Å². The third-order valence-electron chi connectivity index (χ3n) is 3.40. The average Bonchev–Trinajstić information content (AvgIpc) is 3.04. The molecule has 0 spiro atoms. The number of rotatable bonds is 5. The van der Waals surface area contributed by atoms with Gasteiger partial charge in [0.25, 0.3) is 0 Å². The Balaban J connectivity index is 0.00000242. The van der Waals surface area contributed by atoms with Crippen molar-refractivity contribution in [2.45, 2.75) is 6.42 Å². The first-order chi connectivity index (χ1) is 10.1. The Morgan fingerprint density at radius 3 is 2.18 bits per heavy atom. The van der Waals surface area contributed by atoms with Crippen LogP contribution in [0.4, 0.5) is 0 Å². The van der Waals surface area contributed by atoms with Crippen molar-refractivity contribution in [1.29, 1.82) is 0 Å². The first kappa shape index (κ1) is 18.3. The minimum absolute atomic E-state index is 0. The first-order valence-corrected chi connectivity index (χ1v) is 6.79. The van der Waals surface area contributed by atoms with Crippen molar-refractivity contribution in [3.63, 3.8) is 0 Å². The SMILES string of the molecule is COC(=O)c1cc(OC[C@H]2CCNC2)cc(C(=O)OC)c1.Cl. The summed E-state index contributed by atoms with van der Waals surface area (Å²) in [5, 5.41) is 3.26. The molecule has 7 heteroatoms. The number of benzene rings is 1. The molecular formula is C15H20ClNO5. The van der Waals surface area contributed by atoms with E-state index in [0.717, 1.165) is 19.5 Å². The Labute approximate surface area is 135 Å². The maximum absolute atomic E-state index is 11.6. The van der Waals surface area contributed by atoms with E-state index in [1.807, 2.05) is 0 Å². The molecule has 0 amide bonds. The van der Waals surface area contributed by atoms with E-state index in [9.17, 15) is 9.59 Å². The summed E-state index contributed by atoms with van der Waals surface area (Å²) in [6.07, 6.45) is 1.06. The highest BCUT2D eigenvalue weighted by molar-refractivity contribution is 5.96. The van der Waals surface area contributed by atoms with Crippen molar-refractivity contribution < 1.29 is 23.8 Å². The third kappa shape index (κ3) is 4.61. The second kappa shape index (κ2) is 8.60. The fourth-order valence-electron chi connectivity index (χ4n) is 2.22. The minimum Gasteiger partial charge on any atom is -0.493 e. The lowest BCUT2D eigenvalue weighted by Crippen LogP contribution is -2.16. The molecular weight excluding hydrogens is 310 g/mol. The number of halogens is 1. The normalized spacial score (nSPS) is 16.5. The van der Waals surface area contributed by atoms with Gasteiger partial charge >= 0.3 is 11.9 Å². The summed E-state index contributed by atoms with van der Waals surface area (Å²) in [5.41, 5.74) is 0.528. The van der Waals surface area contributed by atoms with Gasteiger partial charge in [-0.1, -0.05) is 0 Å². The summed E-state index contributed by atoms with van der Waals surface area (Å²) in [6, 6.07) is 4.57. The fraction of sp³-hybridized carbons (Fsp3) is 0.467. The van der Waals surface area contributed by atoms with Crippen molar-refractivity contribution in [3.8, 4) is 5.75 Å². The molecule has 1 heterocycles. The smallest absolute Gasteiger partial charge is 0.338 e. The van der Waals surface area contributed by atoms with Gasteiger partial charge in [0.1, 0.15) is 5.75 Å². The predicted octanol–water partition coefficient (Wildman–Crippen LogP) is 1.67. The summed E-state index contributed by atoms with van der Waals surface area (Å²) in [7, 11) is 2.58. The predicted molar refractivity (Wildman–Crippen MR) is 82.8 cm³/mol. The Bertz CT molecular complexity index is 494. The minimum atomic E-state index is -0.520. The molecule has 1 fully saturated rings. The summed E-state index contributed by atoms with van der Waals surface area (Å²) in [6.45, 7) is 2.45. The molecule has 2 rings (SSSR count). The molecule has 122 valence electrons. The van der Waals surface area contributed by atoms with Crippen molar-refractivity contribution in [2.24, 2.45) is 5.92 Å². The summed E-state index contributed by atoms with van der Waals surface area (Å²) in [5.74, 6) is -0.139. The molecule has 0 radical (unpaired) electrons. The van der Waals surface area contributed by atoms with Crippen LogP contribution < -0.4 is 10.1 Å². The Kier molecular flexibility index (Phi) is 7.14. The van der Waals surface area contributed by atoms with Gasteiger partial charge in [-0.15, -0.1) is 12.4 Å². The van der Waals surface area contributed by atoms with Gasteiger partial charge in [0.15, 0.2) is 0 Å². The van der Waals surface area contributed by atoms with Crippen LogP contribution in [0.1, 0.15) is 27.1 Å². The lowest BCUT2D eigenvalue weighted by Gasteiger charge is -2.12. The van der Waals surface area contributed by atoms with Gasteiger partial charge < -0.3 is 19.5 Å². The Morgan fingerprint density at radius 1 is 1.14 bits per heavy atom. The van der Waals surface area contributed by atoms with Crippen LogP contribution in [0, 0.1) is 5.92 Å². The van der Waals surface area contributed by atoms with Crippen LogP contribution in [-0.2, 0) is 9.47 Å². The number of ether oxygens (including phenoxy) is 3. The van der Waals surface area contributed by atoms with Crippen LogP contribution >= 0.6 is 12.4 Å². The van der Waals surface area contributed by atoms with E-state index < -0.39 is 11.9 Å². The summed E-state index contributed by atoms with van der Waals surface area (Å²) < 4.78 is 15.1. The second-order valence-corrected chi connectivity index (χ2v) is 4.90. The first-order valence-electron chi connectivity index (χ1n) is 6.79. The van der Waals surface area contributed by atoms with Crippen LogP contribution in [-0.4, -0.2) is 45.9 Å². The zero-order chi connectivity index (χ0) is 15.2. The van der Waals surface area contributed by atoms with Gasteiger partial charge in [-0.25, -0.2) is 9.59 Å². The van der Waals surface area contributed by atoms with Gasteiger partial charge in [-0.3, -0.25) is 0 Å². The van der Waals surface area contributed by atoms with Crippen molar-refractivity contribution in [2.75, 3.05) is 33.9 Å². The molecule has 6 nitrogen and oxygen atoms in total. The van der Waals surface area contributed by atoms with Crippen molar-refractivity contribution >= 4 is 24.3 Å². The zero-order valence-corrected chi connectivity index (χ0v) is 13.4. The van der Waals surface area contributed by atoms with Crippen LogP contribution in [0.2, 0.25) is 0 Å². The van der Waals surface area contributed by atoms with E-state index in [1.165, 1.54) is 20.3 Å². The van der Waals surface area contributed by atoms with E-state index in [2.05, 4.69) is 14.8 Å². The molecule has 0 unspecified atom stereocenters. The molecule has 1 aliphatic rings. The number of methoxy groups -OCH3 is 2. The highest BCUT2D eigenvalue weighted by atomic mass is 35.5. The standard InChI is InChI=1S/C15H19NO5.ClH/c1-19-14(17)11-5-12(15(18)20-2)7-13(6-11)21-9-10-3-4-16-8-10;/h5-7,10,16H,3-4,8-9H2,1-2H3;1H/t10-;/m0./s1. The number of nitrogens with one attached hydrogen (secondary N) is 1. The van der Waals surface area contributed by atoms with Gasteiger partial charge in [0.2, 0.25) is 0 Å². The number of carbonyl (C=O) groups excluding carboxylic acids is 2. The molecule has 1 aromatic carbocycles. The molecule has 22 heavy (non-hydrogen) atoms. The number of esters is 2. The Morgan fingerprint density at radius 2 is 1.73 bits per heavy atom. The second-order valence-electron chi connectivity index (χ2n) is 4.90. The van der Waals surface area contributed by atoms with E-state index in [-0.39, 0.29) is 23.5 Å². The van der Waals surface area contributed by atoms with Crippen molar-refractivity contribution in [1.82, 2.24) is 5.32 Å². The highest BCUT2D eigenvalue weighted by Crippen LogP contribution is 2.20. The van der Waals surface area contributed by atoms with Gasteiger partial charge in [-0.05, 0) is 31.2 Å². The molecule has 0 aromatic heterocycles. The summed E-state index contributed by atoms with van der Waals surface area (Å²) in [4.78, 5) is 23.3. The average molecular weight is 330 g/mol. The van der Waals surface area contributed by atoms with Crippen LogP contribution in [0.5, 0.6) is 5.75 Å². The van der Waals surface area contributed by atoms with Crippen LogP contribution in [0.15, 0.2) is 18.2 Å². The van der Waals surface area contributed by atoms with Gasteiger partial charge in [0.05, 0.1) is 32.0 Å². The third-order valence-corrected chi connectivity index (χ3v) is 3.40. The lowest BCUT2D eigenvalue weighted by molar-refractivity contribution is 0.0598. The topological polar surface area (TPSA) is 73.9 Å². The van der Waals surface area contributed by atoms with E-state index >= 15 is 0 Å². The Hall–Kier alpha value is -1.79. The molecule has 1 atom stereocenters. The molecule has 0 saturated carbocycles. The molecule has 0 bridgehead atoms. The van der Waals surface area contributed by atoms with E-state index in [0.29, 0.717) is 18.3 Å². The quantitative estimate of drug-likeness (QED) is 0.828. The zero-order valence-electron chi connectivity index (χ0n) is 12.6. The lowest BCUT2D eigenvalue weighted by atomic mass is 10.1. The highest BCUT2D eigenvalue weighted by Gasteiger charge is 2.17. The number of hydrogen-bond donors (Lipinski definition) is 1. The largest absolute Gasteiger partial charge is 0.493 e. The molecule has 1 aliphatic heterocycles.